The zero-order chi connectivity index (χ0) is 15.4. The average molecular weight is 296 g/mol. The summed E-state index contributed by atoms with van der Waals surface area (Å²) in [5.41, 5.74) is 1.88. The van der Waals surface area contributed by atoms with Crippen molar-refractivity contribution >= 4 is 11.7 Å². The van der Waals surface area contributed by atoms with Crippen molar-refractivity contribution < 1.29 is 4.79 Å². The Bertz CT molecular complexity index is 617. The van der Waals surface area contributed by atoms with Crippen LogP contribution in [0, 0.1) is 0 Å². The lowest BCUT2D eigenvalue weighted by molar-refractivity contribution is 0.116. The second-order valence-corrected chi connectivity index (χ2v) is 5.55. The van der Waals surface area contributed by atoms with E-state index in [1.54, 1.807) is 12.4 Å². The van der Waals surface area contributed by atoms with Crippen molar-refractivity contribution in [1.29, 1.82) is 0 Å². The number of hydrogen-bond donors (Lipinski definition) is 1. The minimum Gasteiger partial charge on any atom is -0.315 e. The van der Waals surface area contributed by atoms with Crippen LogP contribution in [0.2, 0.25) is 0 Å². The molecule has 0 bridgehead atoms. The molecule has 1 N–H and O–H groups in total. The molecular weight excluding hydrogens is 276 g/mol. The van der Waals surface area contributed by atoms with E-state index in [0.717, 1.165) is 24.3 Å². The number of carbonyl (C=O) groups is 1. The fourth-order valence-corrected chi connectivity index (χ4v) is 2.75. The number of nitrogens with zero attached hydrogens (tertiary/aromatic N) is 3. The number of aromatic nitrogens is 1. The molecule has 2 aromatic rings. The van der Waals surface area contributed by atoms with Gasteiger partial charge in [0.05, 0.1) is 17.9 Å². The normalized spacial score (nSPS) is 19.0. The van der Waals surface area contributed by atoms with Crippen molar-refractivity contribution in [3.8, 4) is 0 Å². The lowest BCUT2D eigenvalue weighted by Crippen LogP contribution is -2.50. The maximum atomic E-state index is 12.6. The number of hydrogen-bond acceptors (Lipinski definition) is 3. The van der Waals surface area contributed by atoms with Crippen LogP contribution in [0.1, 0.15) is 11.6 Å². The zero-order valence-corrected chi connectivity index (χ0v) is 12.6. The standard InChI is InChI=1S/C17H20N4O/c1-20-10-11-21(16(13-20)14-6-3-2-4-7-14)17(22)19-15-8-5-9-18-12-15/h2-9,12,16H,10-11,13H2,1H3,(H,19,22). The van der Waals surface area contributed by atoms with E-state index in [1.807, 2.05) is 35.2 Å². The van der Waals surface area contributed by atoms with Crippen LogP contribution in [0.15, 0.2) is 54.9 Å². The number of piperazine rings is 1. The number of rotatable bonds is 2. The molecule has 22 heavy (non-hydrogen) atoms. The fourth-order valence-electron chi connectivity index (χ4n) is 2.75. The van der Waals surface area contributed by atoms with Crippen LogP contribution in [0.4, 0.5) is 10.5 Å². The van der Waals surface area contributed by atoms with E-state index in [4.69, 9.17) is 0 Å². The molecule has 2 heterocycles. The highest BCUT2D eigenvalue weighted by Gasteiger charge is 2.30. The van der Waals surface area contributed by atoms with Gasteiger partial charge in [0.25, 0.3) is 0 Å². The van der Waals surface area contributed by atoms with Crippen LogP contribution < -0.4 is 5.32 Å². The third-order valence-electron chi connectivity index (χ3n) is 3.94. The second kappa shape index (κ2) is 6.58. The second-order valence-electron chi connectivity index (χ2n) is 5.55. The summed E-state index contributed by atoms with van der Waals surface area (Å²) in [6.07, 6.45) is 3.35. The van der Waals surface area contributed by atoms with E-state index < -0.39 is 0 Å². The van der Waals surface area contributed by atoms with Gasteiger partial charge in [0.15, 0.2) is 0 Å². The number of likely N-dealkylation sites (N-methyl/N-ethyl adjacent to an activating group) is 1. The minimum atomic E-state index is -0.0741. The predicted octanol–water partition coefficient (Wildman–Crippen LogP) is 2.60. The third-order valence-corrected chi connectivity index (χ3v) is 3.94. The number of amides is 2. The Morgan fingerprint density at radius 2 is 2.00 bits per heavy atom. The molecule has 0 saturated carbocycles. The molecule has 1 saturated heterocycles. The Hall–Kier alpha value is -2.40. The molecule has 3 rings (SSSR count). The summed E-state index contributed by atoms with van der Waals surface area (Å²) >= 11 is 0. The Morgan fingerprint density at radius 3 is 2.73 bits per heavy atom. The summed E-state index contributed by atoms with van der Waals surface area (Å²) in [4.78, 5) is 20.8. The van der Waals surface area contributed by atoms with Crippen molar-refractivity contribution in [3.05, 3.63) is 60.4 Å². The summed E-state index contributed by atoms with van der Waals surface area (Å²) in [5, 5.41) is 2.93. The minimum absolute atomic E-state index is 0.0663. The van der Waals surface area contributed by atoms with E-state index in [1.165, 1.54) is 0 Å². The van der Waals surface area contributed by atoms with Gasteiger partial charge in [-0.2, -0.15) is 0 Å². The Kier molecular flexibility index (Phi) is 4.34. The summed E-state index contributed by atoms with van der Waals surface area (Å²) in [7, 11) is 2.09. The smallest absolute Gasteiger partial charge is 0.315 e. The van der Waals surface area contributed by atoms with Crippen molar-refractivity contribution in [2.45, 2.75) is 6.04 Å². The van der Waals surface area contributed by atoms with Crippen LogP contribution >= 0.6 is 0 Å². The molecule has 2 amide bonds. The first-order valence-corrected chi connectivity index (χ1v) is 7.45. The molecule has 114 valence electrons. The Labute approximate surface area is 130 Å². The van der Waals surface area contributed by atoms with Gasteiger partial charge in [0.2, 0.25) is 0 Å². The predicted molar refractivity (Wildman–Crippen MR) is 86.6 cm³/mol. The van der Waals surface area contributed by atoms with Gasteiger partial charge in [-0.25, -0.2) is 4.79 Å². The molecule has 0 spiro atoms. The van der Waals surface area contributed by atoms with Crippen LogP contribution in [-0.2, 0) is 0 Å². The highest BCUT2D eigenvalue weighted by atomic mass is 16.2. The summed E-state index contributed by atoms with van der Waals surface area (Å²) < 4.78 is 0. The van der Waals surface area contributed by atoms with Crippen LogP contribution in [-0.4, -0.2) is 47.5 Å². The number of pyridine rings is 1. The van der Waals surface area contributed by atoms with Crippen LogP contribution in [0.3, 0.4) is 0 Å². The molecule has 1 aliphatic rings. The lowest BCUT2D eigenvalue weighted by Gasteiger charge is -2.40. The molecule has 1 aliphatic heterocycles. The Balaban J connectivity index is 1.79. The molecule has 1 unspecified atom stereocenters. The molecular formula is C17H20N4O. The number of carbonyl (C=O) groups excluding carboxylic acids is 1. The topological polar surface area (TPSA) is 48.5 Å². The van der Waals surface area contributed by atoms with E-state index in [9.17, 15) is 4.79 Å². The van der Waals surface area contributed by atoms with Gasteiger partial charge in [-0.1, -0.05) is 30.3 Å². The summed E-state index contributed by atoms with van der Waals surface area (Å²) in [6.45, 7) is 2.43. The first-order valence-electron chi connectivity index (χ1n) is 7.45. The van der Waals surface area contributed by atoms with Gasteiger partial charge >= 0.3 is 6.03 Å². The van der Waals surface area contributed by atoms with Gasteiger partial charge in [0, 0.05) is 25.8 Å². The SMILES string of the molecule is CN1CCN(C(=O)Nc2cccnc2)C(c2ccccc2)C1. The van der Waals surface area contributed by atoms with E-state index in [0.29, 0.717) is 6.54 Å². The van der Waals surface area contributed by atoms with Crippen LogP contribution in [0.5, 0.6) is 0 Å². The van der Waals surface area contributed by atoms with Crippen molar-refractivity contribution in [3.63, 3.8) is 0 Å². The molecule has 0 radical (unpaired) electrons. The highest BCUT2D eigenvalue weighted by Crippen LogP contribution is 2.25. The van der Waals surface area contributed by atoms with Gasteiger partial charge < -0.3 is 15.1 Å². The molecule has 5 heteroatoms. The van der Waals surface area contributed by atoms with Crippen molar-refractivity contribution in [1.82, 2.24) is 14.8 Å². The van der Waals surface area contributed by atoms with Gasteiger partial charge in [-0.3, -0.25) is 4.98 Å². The zero-order valence-electron chi connectivity index (χ0n) is 12.6. The number of nitrogens with one attached hydrogen (secondary N) is 1. The number of urea groups is 1. The largest absolute Gasteiger partial charge is 0.322 e. The molecule has 1 fully saturated rings. The van der Waals surface area contributed by atoms with Gasteiger partial charge in [-0.05, 0) is 24.7 Å². The lowest BCUT2D eigenvalue weighted by atomic mass is 10.0. The van der Waals surface area contributed by atoms with Crippen LogP contribution in [0.25, 0.3) is 0 Å². The molecule has 1 aromatic heterocycles. The maximum absolute atomic E-state index is 12.6. The van der Waals surface area contributed by atoms with Crippen molar-refractivity contribution in [2.24, 2.45) is 0 Å². The highest BCUT2D eigenvalue weighted by molar-refractivity contribution is 5.89. The summed E-state index contributed by atoms with van der Waals surface area (Å²) in [6, 6.07) is 13.8. The van der Waals surface area contributed by atoms with E-state index >= 15 is 0 Å². The fraction of sp³-hybridized carbons (Fsp3) is 0.294. The summed E-state index contributed by atoms with van der Waals surface area (Å²) in [5.74, 6) is 0. The molecule has 0 aliphatic carbocycles. The number of anilines is 1. The van der Waals surface area contributed by atoms with Gasteiger partial charge in [0.1, 0.15) is 0 Å². The van der Waals surface area contributed by atoms with E-state index in [2.05, 4.69) is 34.4 Å². The third kappa shape index (κ3) is 3.26. The van der Waals surface area contributed by atoms with Crippen molar-refractivity contribution in [2.75, 3.05) is 32.0 Å². The monoisotopic (exact) mass is 296 g/mol. The molecule has 5 nitrogen and oxygen atoms in total. The molecule has 1 atom stereocenters. The molecule has 1 aromatic carbocycles. The Morgan fingerprint density at radius 1 is 1.18 bits per heavy atom. The quantitative estimate of drug-likeness (QED) is 0.926. The first-order chi connectivity index (χ1) is 10.7. The van der Waals surface area contributed by atoms with E-state index in [-0.39, 0.29) is 12.1 Å². The maximum Gasteiger partial charge on any atom is 0.322 e. The number of benzene rings is 1. The first kappa shape index (κ1) is 14.5. The van der Waals surface area contributed by atoms with Gasteiger partial charge in [-0.15, -0.1) is 0 Å². The average Bonchev–Trinajstić information content (AvgIpc) is 2.56.